The zero-order chi connectivity index (χ0) is 12.6. The molecule has 0 aliphatic heterocycles. The topological polar surface area (TPSA) is 20.2 Å². The van der Waals surface area contributed by atoms with Crippen LogP contribution >= 0.6 is 0 Å². The van der Waals surface area contributed by atoms with Gasteiger partial charge in [-0.25, -0.2) is 0 Å². The lowest BCUT2D eigenvalue weighted by Crippen LogP contribution is -2.13. The summed E-state index contributed by atoms with van der Waals surface area (Å²) < 4.78 is 0. The molecule has 1 aliphatic carbocycles. The number of hydrogen-bond acceptors (Lipinski definition) is 1. The first-order chi connectivity index (χ1) is 8.00. The van der Waals surface area contributed by atoms with Crippen LogP contribution in [0.2, 0.25) is 0 Å². The van der Waals surface area contributed by atoms with Crippen molar-refractivity contribution in [3.63, 3.8) is 0 Å². The van der Waals surface area contributed by atoms with E-state index in [0.29, 0.717) is 11.8 Å². The van der Waals surface area contributed by atoms with E-state index in [4.69, 9.17) is 0 Å². The molecule has 1 aromatic carbocycles. The maximum absolute atomic E-state index is 10.2. The molecule has 1 aliphatic rings. The van der Waals surface area contributed by atoms with Crippen LogP contribution < -0.4 is 0 Å². The lowest BCUT2D eigenvalue weighted by atomic mass is 9.80. The number of fused-ring (bicyclic) bond motifs is 1. The second-order valence-electron chi connectivity index (χ2n) is 5.90. The molecule has 0 amide bonds. The molecule has 17 heavy (non-hydrogen) atoms. The number of aliphatic hydroxyl groups excluding tert-OH is 1. The molecule has 1 atom stereocenters. The molecule has 1 N–H and O–H groups in total. The Morgan fingerprint density at radius 2 is 1.82 bits per heavy atom. The van der Waals surface area contributed by atoms with E-state index in [1.54, 1.807) is 0 Å². The van der Waals surface area contributed by atoms with E-state index in [1.165, 1.54) is 22.3 Å². The van der Waals surface area contributed by atoms with Crippen LogP contribution in [0.4, 0.5) is 0 Å². The van der Waals surface area contributed by atoms with Gasteiger partial charge in [-0.2, -0.15) is 0 Å². The minimum atomic E-state index is -0.241. The van der Waals surface area contributed by atoms with Crippen LogP contribution in [0.1, 0.15) is 80.7 Å². The summed E-state index contributed by atoms with van der Waals surface area (Å²) in [5.74, 6) is 1.08. The highest BCUT2D eigenvalue weighted by Crippen LogP contribution is 2.37. The van der Waals surface area contributed by atoms with Gasteiger partial charge in [-0.05, 0) is 53.4 Å². The monoisotopic (exact) mass is 232 g/mol. The first-order valence-electron chi connectivity index (χ1n) is 6.85. The van der Waals surface area contributed by atoms with E-state index >= 15 is 0 Å². The summed E-state index contributed by atoms with van der Waals surface area (Å²) in [6, 6.07) is 4.59. The van der Waals surface area contributed by atoms with E-state index < -0.39 is 0 Å². The van der Waals surface area contributed by atoms with Gasteiger partial charge in [0.1, 0.15) is 0 Å². The third kappa shape index (κ3) is 2.40. The Labute approximate surface area is 105 Å². The van der Waals surface area contributed by atoms with Gasteiger partial charge in [-0.15, -0.1) is 0 Å². The highest BCUT2D eigenvalue weighted by Gasteiger charge is 2.22. The van der Waals surface area contributed by atoms with Crippen LogP contribution in [0.3, 0.4) is 0 Å². The lowest BCUT2D eigenvalue weighted by Gasteiger charge is -2.27. The Morgan fingerprint density at radius 1 is 1.12 bits per heavy atom. The normalized spacial score (nSPS) is 19.8. The maximum atomic E-state index is 10.2. The molecule has 0 bridgehead atoms. The molecule has 0 spiro atoms. The van der Waals surface area contributed by atoms with Crippen molar-refractivity contribution in [2.45, 2.75) is 64.9 Å². The largest absolute Gasteiger partial charge is 0.388 e. The van der Waals surface area contributed by atoms with Gasteiger partial charge in [0.05, 0.1) is 6.10 Å². The molecule has 0 unspecified atom stereocenters. The first kappa shape index (κ1) is 12.6. The Bertz CT molecular complexity index is 387. The second kappa shape index (κ2) is 4.81. The quantitative estimate of drug-likeness (QED) is 0.806. The third-order valence-corrected chi connectivity index (χ3v) is 3.89. The summed E-state index contributed by atoms with van der Waals surface area (Å²) in [5.41, 5.74) is 5.44. The number of hydrogen-bond donors (Lipinski definition) is 1. The maximum Gasteiger partial charge on any atom is 0.0793 e. The van der Waals surface area contributed by atoms with Gasteiger partial charge >= 0.3 is 0 Å². The molecule has 94 valence electrons. The van der Waals surface area contributed by atoms with Crippen molar-refractivity contribution >= 4 is 0 Å². The van der Waals surface area contributed by atoms with E-state index in [9.17, 15) is 5.11 Å². The second-order valence-corrected chi connectivity index (χ2v) is 5.90. The SMILES string of the molecule is CC(C)c1cc(C(C)C)c2c(c1)[C@@H](O)CCC2. The molecule has 0 saturated heterocycles. The number of rotatable bonds is 2. The van der Waals surface area contributed by atoms with Gasteiger partial charge in [0.15, 0.2) is 0 Å². The number of aliphatic hydroxyl groups is 1. The Kier molecular flexibility index (Phi) is 3.58. The van der Waals surface area contributed by atoms with Crippen molar-refractivity contribution < 1.29 is 5.11 Å². The molecule has 0 saturated carbocycles. The average Bonchev–Trinajstić information content (AvgIpc) is 2.28. The molecule has 0 heterocycles. The minimum absolute atomic E-state index is 0.241. The summed E-state index contributed by atoms with van der Waals surface area (Å²) in [6.45, 7) is 8.95. The number of benzene rings is 1. The van der Waals surface area contributed by atoms with Crippen LogP contribution in [0.15, 0.2) is 12.1 Å². The summed E-state index contributed by atoms with van der Waals surface area (Å²) >= 11 is 0. The van der Waals surface area contributed by atoms with Crippen LogP contribution in [-0.4, -0.2) is 5.11 Å². The highest BCUT2D eigenvalue weighted by molar-refractivity contribution is 5.44. The molecule has 0 fully saturated rings. The van der Waals surface area contributed by atoms with Gasteiger partial charge in [0.25, 0.3) is 0 Å². The fourth-order valence-corrected chi connectivity index (χ4v) is 2.80. The highest BCUT2D eigenvalue weighted by atomic mass is 16.3. The first-order valence-corrected chi connectivity index (χ1v) is 6.85. The third-order valence-electron chi connectivity index (χ3n) is 3.89. The van der Waals surface area contributed by atoms with Crippen LogP contribution in [0.25, 0.3) is 0 Å². The summed E-state index contributed by atoms with van der Waals surface area (Å²) in [6.07, 6.45) is 2.94. The van der Waals surface area contributed by atoms with Crippen molar-refractivity contribution in [1.82, 2.24) is 0 Å². The summed E-state index contributed by atoms with van der Waals surface area (Å²) in [7, 11) is 0. The van der Waals surface area contributed by atoms with E-state index in [0.717, 1.165) is 19.3 Å². The summed E-state index contributed by atoms with van der Waals surface area (Å²) in [5, 5.41) is 10.2. The van der Waals surface area contributed by atoms with E-state index in [2.05, 4.69) is 39.8 Å². The summed E-state index contributed by atoms with van der Waals surface area (Å²) in [4.78, 5) is 0. The predicted octanol–water partition coefficient (Wildman–Crippen LogP) is 4.30. The van der Waals surface area contributed by atoms with Crippen molar-refractivity contribution in [3.8, 4) is 0 Å². The fraction of sp³-hybridized carbons (Fsp3) is 0.625. The Morgan fingerprint density at radius 3 is 2.41 bits per heavy atom. The Balaban J connectivity index is 2.58. The standard InChI is InChI=1S/C16H24O/c1-10(2)12-8-14(11(3)4)13-6-5-7-16(17)15(13)9-12/h8-11,16-17H,5-7H2,1-4H3/t16-/m0/s1. The van der Waals surface area contributed by atoms with Crippen molar-refractivity contribution in [3.05, 3.63) is 34.4 Å². The molecule has 1 aromatic rings. The smallest absolute Gasteiger partial charge is 0.0793 e. The zero-order valence-electron chi connectivity index (χ0n) is 11.5. The molecule has 1 nitrogen and oxygen atoms in total. The molecule has 1 heteroatoms. The van der Waals surface area contributed by atoms with Gasteiger partial charge in [-0.3, -0.25) is 0 Å². The van der Waals surface area contributed by atoms with Crippen LogP contribution in [0.5, 0.6) is 0 Å². The molecular formula is C16H24O. The van der Waals surface area contributed by atoms with Crippen molar-refractivity contribution in [1.29, 1.82) is 0 Å². The lowest BCUT2D eigenvalue weighted by molar-refractivity contribution is 0.156. The average molecular weight is 232 g/mol. The van der Waals surface area contributed by atoms with Crippen molar-refractivity contribution in [2.24, 2.45) is 0 Å². The van der Waals surface area contributed by atoms with Crippen LogP contribution in [-0.2, 0) is 6.42 Å². The fourth-order valence-electron chi connectivity index (χ4n) is 2.80. The van der Waals surface area contributed by atoms with E-state index in [-0.39, 0.29) is 6.10 Å². The van der Waals surface area contributed by atoms with E-state index in [1.807, 2.05) is 0 Å². The molecule has 2 rings (SSSR count). The molecule has 0 radical (unpaired) electrons. The van der Waals surface area contributed by atoms with Gasteiger partial charge in [0.2, 0.25) is 0 Å². The minimum Gasteiger partial charge on any atom is -0.388 e. The Hall–Kier alpha value is -0.820. The van der Waals surface area contributed by atoms with Crippen molar-refractivity contribution in [2.75, 3.05) is 0 Å². The van der Waals surface area contributed by atoms with Gasteiger partial charge in [-0.1, -0.05) is 39.8 Å². The molecule has 0 aromatic heterocycles. The zero-order valence-corrected chi connectivity index (χ0v) is 11.5. The van der Waals surface area contributed by atoms with Gasteiger partial charge < -0.3 is 5.11 Å². The molecular weight excluding hydrogens is 208 g/mol. The predicted molar refractivity (Wildman–Crippen MR) is 72.5 cm³/mol. The van der Waals surface area contributed by atoms with Crippen LogP contribution in [0, 0.1) is 0 Å². The van der Waals surface area contributed by atoms with Gasteiger partial charge in [0, 0.05) is 0 Å².